The molecule has 6 heteroatoms. The first-order chi connectivity index (χ1) is 15.0. The van der Waals surface area contributed by atoms with Gasteiger partial charge in [0, 0.05) is 26.2 Å². The first kappa shape index (κ1) is 23.3. The Morgan fingerprint density at radius 1 is 0.871 bits per heavy atom. The second-order valence-corrected chi connectivity index (χ2v) is 8.72. The molecule has 0 saturated carbocycles. The van der Waals surface area contributed by atoms with Gasteiger partial charge in [-0.2, -0.15) is 11.3 Å². The molecular formula is C25H32N2O3S. The third kappa shape index (κ3) is 7.67. The second kappa shape index (κ2) is 11.9. The molecular weight excluding hydrogens is 408 g/mol. The first-order valence-electron chi connectivity index (χ1n) is 10.4. The molecule has 0 spiro atoms. The fourth-order valence-electron chi connectivity index (χ4n) is 3.55. The number of likely N-dealkylation sites (N-methyl/N-ethyl adjacent to an activating group) is 1. The molecule has 1 unspecified atom stereocenters. The minimum Gasteiger partial charge on any atom is -0.493 e. The van der Waals surface area contributed by atoms with Crippen molar-refractivity contribution < 1.29 is 14.6 Å². The smallest absolute Gasteiger partial charge is 0.161 e. The summed E-state index contributed by atoms with van der Waals surface area (Å²) in [5.41, 5.74) is 3.68. The Morgan fingerprint density at radius 3 is 2.32 bits per heavy atom. The standard InChI is InChI=1S/C25H32N2O3S/c1-26(16-22-11-12-31-19-22)15-21-9-10-24(29-3)25(13-21)30-18-23(28)17-27(2)14-20-7-5-4-6-8-20/h4-13,19,23,28H,14-18H2,1-3H3. The van der Waals surface area contributed by atoms with Crippen molar-refractivity contribution in [3.05, 3.63) is 82.0 Å². The number of rotatable bonds is 12. The number of ether oxygens (including phenoxy) is 2. The van der Waals surface area contributed by atoms with E-state index < -0.39 is 6.10 Å². The lowest BCUT2D eigenvalue weighted by Gasteiger charge is -2.22. The number of nitrogens with zero attached hydrogens (tertiary/aromatic N) is 2. The molecule has 1 heterocycles. The van der Waals surface area contributed by atoms with Crippen LogP contribution in [0, 0.1) is 0 Å². The molecule has 1 aromatic heterocycles. The van der Waals surface area contributed by atoms with Crippen molar-refractivity contribution in [1.82, 2.24) is 9.80 Å². The van der Waals surface area contributed by atoms with Gasteiger partial charge in [-0.1, -0.05) is 36.4 Å². The molecule has 166 valence electrons. The van der Waals surface area contributed by atoms with Crippen LogP contribution in [0.3, 0.4) is 0 Å². The van der Waals surface area contributed by atoms with Crippen molar-refractivity contribution in [3.8, 4) is 11.5 Å². The maximum absolute atomic E-state index is 10.5. The lowest BCUT2D eigenvalue weighted by Crippen LogP contribution is -2.32. The van der Waals surface area contributed by atoms with E-state index in [1.807, 2.05) is 37.4 Å². The zero-order valence-electron chi connectivity index (χ0n) is 18.5. The van der Waals surface area contributed by atoms with E-state index in [0.29, 0.717) is 18.0 Å². The molecule has 1 atom stereocenters. The lowest BCUT2D eigenvalue weighted by atomic mass is 10.2. The number of benzene rings is 2. The zero-order chi connectivity index (χ0) is 22.1. The topological polar surface area (TPSA) is 45.2 Å². The van der Waals surface area contributed by atoms with Crippen LogP contribution in [0.25, 0.3) is 0 Å². The van der Waals surface area contributed by atoms with E-state index in [1.165, 1.54) is 11.1 Å². The van der Waals surface area contributed by atoms with Gasteiger partial charge >= 0.3 is 0 Å². The van der Waals surface area contributed by atoms with Crippen LogP contribution in [0.15, 0.2) is 65.4 Å². The number of aliphatic hydroxyl groups is 1. The number of hydrogen-bond acceptors (Lipinski definition) is 6. The van der Waals surface area contributed by atoms with Gasteiger partial charge in [-0.25, -0.2) is 0 Å². The highest BCUT2D eigenvalue weighted by molar-refractivity contribution is 7.07. The highest BCUT2D eigenvalue weighted by atomic mass is 32.1. The molecule has 0 fully saturated rings. The summed E-state index contributed by atoms with van der Waals surface area (Å²) in [6.07, 6.45) is -0.594. The van der Waals surface area contributed by atoms with Crippen molar-refractivity contribution in [2.75, 3.05) is 34.4 Å². The van der Waals surface area contributed by atoms with Crippen molar-refractivity contribution in [1.29, 1.82) is 0 Å². The highest BCUT2D eigenvalue weighted by Crippen LogP contribution is 2.29. The Kier molecular flexibility index (Phi) is 8.91. The minimum atomic E-state index is -0.594. The number of hydrogen-bond donors (Lipinski definition) is 1. The summed E-state index contributed by atoms with van der Waals surface area (Å²) < 4.78 is 11.4. The zero-order valence-corrected chi connectivity index (χ0v) is 19.3. The van der Waals surface area contributed by atoms with Gasteiger partial charge in [0.2, 0.25) is 0 Å². The van der Waals surface area contributed by atoms with Crippen LogP contribution in [0.1, 0.15) is 16.7 Å². The normalized spacial score (nSPS) is 12.3. The second-order valence-electron chi connectivity index (χ2n) is 7.94. The van der Waals surface area contributed by atoms with Crippen LogP contribution < -0.4 is 9.47 Å². The molecule has 1 N–H and O–H groups in total. The Balaban J connectivity index is 1.52. The van der Waals surface area contributed by atoms with E-state index >= 15 is 0 Å². The summed E-state index contributed by atoms with van der Waals surface area (Å²) in [6.45, 7) is 3.23. The number of methoxy groups -OCH3 is 1. The lowest BCUT2D eigenvalue weighted by molar-refractivity contribution is 0.0732. The Hall–Kier alpha value is -2.38. The quantitative estimate of drug-likeness (QED) is 0.456. The van der Waals surface area contributed by atoms with E-state index in [-0.39, 0.29) is 6.61 Å². The molecule has 3 aromatic rings. The fraction of sp³-hybridized carbons (Fsp3) is 0.360. The summed E-state index contributed by atoms with van der Waals surface area (Å²) in [5.74, 6) is 1.34. The van der Waals surface area contributed by atoms with Crippen LogP contribution >= 0.6 is 11.3 Å². The average molecular weight is 441 g/mol. The molecule has 0 aliphatic rings. The molecule has 0 aliphatic carbocycles. The molecule has 0 amide bonds. The van der Waals surface area contributed by atoms with Crippen molar-refractivity contribution >= 4 is 11.3 Å². The average Bonchev–Trinajstić information content (AvgIpc) is 3.26. The molecule has 0 radical (unpaired) electrons. The molecule has 0 aliphatic heterocycles. The first-order valence-corrected chi connectivity index (χ1v) is 11.4. The van der Waals surface area contributed by atoms with Gasteiger partial charge in [0.15, 0.2) is 11.5 Å². The van der Waals surface area contributed by atoms with Gasteiger partial charge in [0.05, 0.1) is 7.11 Å². The fourth-order valence-corrected chi connectivity index (χ4v) is 4.21. The summed E-state index contributed by atoms with van der Waals surface area (Å²) in [7, 11) is 5.74. The van der Waals surface area contributed by atoms with E-state index in [1.54, 1.807) is 18.4 Å². The van der Waals surface area contributed by atoms with E-state index in [9.17, 15) is 5.11 Å². The number of aliphatic hydroxyl groups excluding tert-OH is 1. The Morgan fingerprint density at radius 2 is 1.61 bits per heavy atom. The van der Waals surface area contributed by atoms with Crippen LogP contribution in [0.5, 0.6) is 11.5 Å². The molecule has 2 aromatic carbocycles. The van der Waals surface area contributed by atoms with Crippen LogP contribution in [0.4, 0.5) is 0 Å². The maximum Gasteiger partial charge on any atom is 0.161 e. The van der Waals surface area contributed by atoms with Crippen molar-refractivity contribution in [2.45, 2.75) is 25.7 Å². The van der Waals surface area contributed by atoms with E-state index in [4.69, 9.17) is 9.47 Å². The van der Waals surface area contributed by atoms with Crippen LogP contribution in [-0.2, 0) is 19.6 Å². The van der Waals surface area contributed by atoms with Gasteiger partial charge in [0.25, 0.3) is 0 Å². The van der Waals surface area contributed by atoms with Crippen LogP contribution in [0.2, 0.25) is 0 Å². The predicted molar refractivity (Wildman–Crippen MR) is 127 cm³/mol. The van der Waals surface area contributed by atoms with Gasteiger partial charge in [-0.3, -0.25) is 9.80 Å². The number of thiophene rings is 1. The maximum atomic E-state index is 10.5. The molecule has 5 nitrogen and oxygen atoms in total. The largest absolute Gasteiger partial charge is 0.493 e. The summed E-state index contributed by atoms with van der Waals surface area (Å²) in [4.78, 5) is 4.36. The highest BCUT2D eigenvalue weighted by Gasteiger charge is 2.13. The van der Waals surface area contributed by atoms with Gasteiger partial charge in [-0.05, 0) is 59.7 Å². The molecule has 31 heavy (non-hydrogen) atoms. The predicted octanol–water partition coefficient (Wildman–Crippen LogP) is 4.26. The monoisotopic (exact) mass is 440 g/mol. The third-order valence-corrected chi connectivity index (χ3v) is 5.69. The SMILES string of the molecule is COc1ccc(CN(C)Cc2ccsc2)cc1OCC(O)CN(C)Cc1ccccc1. The van der Waals surface area contributed by atoms with E-state index in [0.717, 1.165) is 25.2 Å². The third-order valence-electron chi connectivity index (χ3n) is 4.96. The molecule has 0 bridgehead atoms. The van der Waals surface area contributed by atoms with Crippen molar-refractivity contribution in [3.63, 3.8) is 0 Å². The summed E-state index contributed by atoms with van der Waals surface area (Å²) in [6, 6.07) is 18.4. The van der Waals surface area contributed by atoms with Gasteiger partial charge in [-0.15, -0.1) is 0 Å². The van der Waals surface area contributed by atoms with E-state index in [2.05, 4.69) is 51.9 Å². The van der Waals surface area contributed by atoms with Crippen LogP contribution in [-0.4, -0.2) is 55.4 Å². The summed E-state index contributed by atoms with van der Waals surface area (Å²) in [5, 5.41) is 14.7. The molecule has 0 saturated heterocycles. The molecule has 3 rings (SSSR count). The Labute approximate surface area is 189 Å². The van der Waals surface area contributed by atoms with Crippen molar-refractivity contribution in [2.24, 2.45) is 0 Å². The minimum absolute atomic E-state index is 0.212. The van der Waals surface area contributed by atoms with Gasteiger partial charge < -0.3 is 14.6 Å². The Bertz CT molecular complexity index is 902. The van der Waals surface area contributed by atoms with Gasteiger partial charge in [0.1, 0.15) is 12.7 Å². The summed E-state index contributed by atoms with van der Waals surface area (Å²) >= 11 is 1.72.